The minimum atomic E-state index is 0.121. The van der Waals surface area contributed by atoms with E-state index in [9.17, 15) is 4.79 Å². The van der Waals surface area contributed by atoms with Crippen LogP contribution in [0.2, 0.25) is 0 Å². The molecule has 2 fully saturated rings. The van der Waals surface area contributed by atoms with Crippen molar-refractivity contribution in [2.75, 3.05) is 31.1 Å². The van der Waals surface area contributed by atoms with Crippen LogP contribution in [0.3, 0.4) is 0 Å². The van der Waals surface area contributed by atoms with Gasteiger partial charge in [0.1, 0.15) is 5.82 Å². The molecule has 6 nitrogen and oxygen atoms in total. The summed E-state index contributed by atoms with van der Waals surface area (Å²) in [6.45, 7) is 3.42. The highest BCUT2D eigenvalue weighted by molar-refractivity contribution is 5.98. The maximum Gasteiger partial charge on any atom is 0.256 e. The predicted molar refractivity (Wildman–Crippen MR) is 120 cm³/mol. The number of hydrogen-bond donors (Lipinski definition) is 0. The number of aromatic nitrogens is 3. The highest BCUT2D eigenvalue weighted by Crippen LogP contribution is 2.34. The number of anilines is 1. The summed E-state index contributed by atoms with van der Waals surface area (Å²) in [6.07, 6.45) is 5.83. The standard InChI is InChI=1S/C25H23N5O/c31-25(20-7-1-4-10-23(20)28-11-5-6-12-28)30-16-18-14-29(15-19(18)17-30)24-13-26-21-8-2-3-9-22(21)27-24/h1-13,18-19H,14-17H2. The number of hydrogen-bond acceptors (Lipinski definition) is 4. The van der Waals surface area contributed by atoms with Crippen LogP contribution in [-0.4, -0.2) is 51.5 Å². The molecule has 4 heterocycles. The molecule has 2 aliphatic rings. The van der Waals surface area contributed by atoms with Gasteiger partial charge in [-0.05, 0) is 36.4 Å². The zero-order valence-electron chi connectivity index (χ0n) is 17.1. The van der Waals surface area contributed by atoms with E-state index in [-0.39, 0.29) is 5.91 Å². The van der Waals surface area contributed by atoms with Gasteiger partial charge >= 0.3 is 0 Å². The molecule has 2 aromatic heterocycles. The van der Waals surface area contributed by atoms with Gasteiger partial charge in [-0.15, -0.1) is 0 Å². The SMILES string of the molecule is O=C(c1ccccc1-n1cccc1)N1CC2CN(c3cnc4ccccc4n3)CC2C1. The molecule has 0 N–H and O–H groups in total. The van der Waals surface area contributed by atoms with E-state index in [2.05, 4.69) is 9.88 Å². The molecule has 2 aromatic carbocycles. The Morgan fingerprint density at radius 1 is 0.806 bits per heavy atom. The Balaban J connectivity index is 1.19. The quantitative estimate of drug-likeness (QED) is 0.519. The summed E-state index contributed by atoms with van der Waals surface area (Å²) in [5.74, 6) is 1.99. The second-order valence-corrected chi connectivity index (χ2v) is 8.46. The van der Waals surface area contributed by atoms with Crippen LogP contribution in [-0.2, 0) is 0 Å². The molecule has 6 heteroatoms. The molecule has 2 aliphatic heterocycles. The van der Waals surface area contributed by atoms with Gasteiger partial charge in [0.2, 0.25) is 0 Å². The molecule has 0 spiro atoms. The molecule has 2 atom stereocenters. The van der Waals surface area contributed by atoms with Crippen molar-refractivity contribution in [1.82, 2.24) is 19.4 Å². The van der Waals surface area contributed by atoms with Crippen molar-refractivity contribution in [1.29, 1.82) is 0 Å². The topological polar surface area (TPSA) is 54.3 Å². The fourth-order valence-electron chi connectivity index (χ4n) is 4.99. The second kappa shape index (κ2) is 7.23. The normalized spacial score (nSPS) is 20.4. The monoisotopic (exact) mass is 409 g/mol. The number of carbonyl (C=O) groups excluding carboxylic acids is 1. The van der Waals surface area contributed by atoms with Crippen molar-refractivity contribution in [3.63, 3.8) is 0 Å². The van der Waals surface area contributed by atoms with Crippen LogP contribution < -0.4 is 4.90 Å². The minimum Gasteiger partial charge on any atom is -0.355 e. The van der Waals surface area contributed by atoms with Crippen molar-refractivity contribution < 1.29 is 4.79 Å². The van der Waals surface area contributed by atoms with E-state index < -0.39 is 0 Å². The van der Waals surface area contributed by atoms with Gasteiger partial charge in [0.15, 0.2) is 0 Å². The number of amides is 1. The van der Waals surface area contributed by atoms with E-state index in [1.807, 2.05) is 88.7 Å². The predicted octanol–water partition coefficient (Wildman–Crippen LogP) is 3.63. The van der Waals surface area contributed by atoms with E-state index >= 15 is 0 Å². The van der Waals surface area contributed by atoms with Crippen molar-refractivity contribution in [2.24, 2.45) is 11.8 Å². The van der Waals surface area contributed by atoms with Crippen molar-refractivity contribution >= 4 is 22.8 Å². The van der Waals surface area contributed by atoms with Crippen LogP contribution in [0.25, 0.3) is 16.7 Å². The van der Waals surface area contributed by atoms with E-state index in [0.29, 0.717) is 11.8 Å². The Morgan fingerprint density at radius 3 is 2.26 bits per heavy atom. The van der Waals surface area contributed by atoms with Crippen LogP contribution in [0.1, 0.15) is 10.4 Å². The number of likely N-dealkylation sites (tertiary alicyclic amines) is 1. The van der Waals surface area contributed by atoms with E-state index in [4.69, 9.17) is 4.98 Å². The molecule has 0 aliphatic carbocycles. The summed E-state index contributed by atoms with van der Waals surface area (Å²) in [5.41, 5.74) is 3.54. The molecular weight excluding hydrogens is 386 g/mol. The van der Waals surface area contributed by atoms with E-state index in [1.54, 1.807) is 0 Å². The first-order valence-corrected chi connectivity index (χ1v) is 10.7. The fourth-order valence-corrected chi connectivity index (χ4v) is 4.99. The van der Waals surface area contributed by atoms with Crippen molar-refractivity contribution in [2.45, 2.75) is 0 Å². The van der Waals surface area contributed by atoms with Crippen LogP contribution in [0.5, 0.6) is 0 Å². The summed E-state index contributed by atoms with van der Waals surface area (Å²) in [4.78, 5) is 27.1. The van der Waals surface area contributed by atoms with Crippen LogP contribution in [0.4, 0.5) is 5.82 Å². The number of benzene rings is 2. The summed E-state index contributed by atoms with van der Waals surface area (Å²) >= 11 is 0. The molecule has 2 saturated heterocycles. The molecule has 0 bridgehead atoms. The smallest absolute Gasteiger partial charge is 0.256 e. The summed E-state index contributed by atoms with van der Waals surface area (Å²) in [6, 6.07) is 19.8. The third-order valence-corrected chi connectivity index (χ3v) is 6.55. The van der Waals surface area contributed by atoms with Crippen molar-refractivity contribution in [3.05, 3.63) is 84.8 Å². The number of fused-ring (bicyclic) bond motifs is 2. The lowest BCUT2D eigenvalue weighted by Gasteiger charge is -2.23. The zero-order valence-corrected chi connectivity index (χ0v) is 17.1. The summed E-state index contributed by atoms with van der Waals surface area (Å²) in [7, 11) is 0. The fraction of sp³-hybridized carbons (Fsp3) is 0.240. The molecule has 154 valence electrons. The Labute approximate surface area is 180 Å². The number of carbonyl (C=O) groups is 1. The lowest BCUT2D eigenvalue weighted by molar-refractivity contribution is 0.0782. The van der Waals surface area contributed by atoms with Gasteiger partial charge in [0.05, 0.1) is 28.5 Å². The Hall–Kier alpha value is -3.67. The maximum absolute atomic E-state index is 13.4. The van der Waals surface area contributed by atoms with E-state index in [1.165, 1.54) is 0 Å². The van der Waals surface area contributed by atoms with Gasteiger partial charge in [-0.25, -0.2) is 4.98 Å². The molecule has 0 saturated carbocycles. The van der Waals surface area contributed by atoms with Crippen LogP contribution in [0.15, 0.2) is 79.3 Å². The number of nitrogens with zero attached hydrogens (tertiary/aromatic N) is 5. The first-order valence-electron chi connectivity index (χ1n) is 10.7. The molecular formula is C25H23N5O. The number of rotatable bonds is 3. The third kappa shape index (κ3) is 3.15. The zero-order chi connectivity index (χ0) is 20.8. The summed E-state index contributed by atoms with van der Waals surface area (Å²) in [5, 5.41) is 0. The third-order valence-electron chi connectivity index (χ3n) is 6.55. The molecule has 1 amide bonds. The summed E-state index contributed by atoms with van der Waals surface area (Å²) < 4.78 is 2.00. The maximum atomic E-state index is 13.4. The second-order valence-electron chi connectivity index (χ2n) is 8.46. The molecule has 6 rings (SSSR count). The molecule has 31 heavy (non-hydrogen) atoms. The highest BCUT2D eigenvalue weighted by atomic mass is 16.2. The van der Waals surface area contributed by atoms with Crippen LogP contribution in [0, 0.1) is 11.8 Å². The Morgan fingerprint density at radius 2 is 1.48 bits per heavy atom. The largest absolute Gasteiger partial charge is 0.355 e. The van der Waals surface area contributed by atoms with Gasteiger partial charge in [-0.2, -0.15) is 0 Å². The molecule has 2 unspecified atom stereocenters. The van der Waals surface area contributed by atoms with Gasteiger partial charge in [-0.3, -0.25) is 9.78 Å². The lowest BCUT2D eigenvalue weighted by Crippen LogP contribution is -2.34. The van der Waals surface area contributed by atoms with Gasteiger partial charge in [-0.1, -0.05) is 24.3 Å². The first kappa shape index (κ1) is 18.1. The van der Waals surface area contributed by atoms with E-state index in [0.717, 1.165) is 54.3 Å². The Bertz CT molecular complexity index is 1240. The average Bonchev–Trinajstić information content (AvgIpc) is 3.55. The Kier molecular flexibility index (Phi) is 4.23. The minimum absolute atomic E-state index is 0.121. The van der Waals surface area contributed by atoms with Gasteiger partial charge in [0, 0.05) is 50.4 Å². The van der Waals surface area contributed by atoms with Gasteiger partial charge in [0.25, 0.3) is 5.91 Å². The molecule has 0 radical (unpaired) electrons. The first-order chi connectivity index (χ1) is 15.3. The lowest BCUT2D eigenvalue weighted by atomic mass is 10.0. The van der Waals surface area contributed by atoms with Crippen molar-refractivity contribution in [3.8, 4) is 5.69 Å². The van der Waals surface area contributed by atoms with Gasteiger partial charge < -0.3 is 14.4 Å². The molecule has 4 aromatic rings. The highest BCUT2D eigenvalue weighted by Gasteiger charge is 2.42. The van der Waals surface area contributed by atoms with Crippen LogP contribution >= 0.6 is 0 Å². The number of para-hydroxylation sites is 3. The average molecular weight is 409 g/mol.